The van der Waals surface area contributed by atoms with Crippen LogP contribution in [0.2, 0.25) is 0 Å². The molecule has 1 heterocycles. The van der Waals surface area contributed by atoms with E-state index in [2.05, 4.69) is 5.16 Å². The summed E-state index contributed by atoms with van der Waals surface area (Å²) >= 11 is 0. The van der Waals surface area contributed by atoms with Gasteiger partial charge in [0, 0.05) is 25.9 Å². The second-order valence-electron chi connectivity index (χ2n) is 4.22. The van der Waals surface area contributed by atoms with E-state index < -0.39 is 0 Å². The van der Waals surface area contributed by atoms with Crippen LogP contribution in [0.5, 0.6) is 0 Å². The Bertz CT molecular complexity index is 440. The Balaban J connectivity index is 2.73. The van der Waals surface area contributed by atoms with Crippen LogP contribution in [-0.4, -0.2) is 35.4 Å². The third-order valence-electron chi connectivity index (χ3n) is 2.81. The molecule has 18 heavy (non-hydrogen) atoms. The number of nitrogens with two attached hydrogens (primary N) is 1. The number of carbonyl (C=O) groups is 1. The molecule has 100 valence electrons. The molecule has 1 atom stereocenters. The van der Waals surface area contributed by atoms with Gasteiger partial charge in [-0.15, -0.1) is 0 Å². The minimum atomic E-state index is -0.207. The topological polar surface area (TPSA) is 92.1 Å². The van der Waals surface area contributed by atoms with Crippen molar-refractivity contribution >= 4 is 11.7 Å². The van der Waals surface area contributed by atoms with Gasteiger partial charge in [0.15, 0.2) is 0 Å². The number of hydrogen-bond donors (Lipinski definition) is 2. The quantitative estimate of drug-likeness (QED) is 0.358. The van der Waals surface area contributed by atoms with Crippen LogP contribution >= 0.6 is 0 Å². The second kappa shape index (κ2) is 6.09. The molecule has 0 bridgehead atoms. The van der Waals surface area contributed by atoms with Crippen LogP contribution in [0.3, 0.4) is 0 Å². The van der Waals surface area contributed by atoms with Crippen molar-refractivity contribution in [2.75, 3.05) is 13.6 Å². The van der Waals surface area contributed by atoms with Gasteiger partial charge < -0.3 is 20.3 Å². The molecule has 0 saturated heterocycles. The number of furan rings is 1. The molecule has 1 rings (SSSR count). The zero-order valence-electron chi connectivity index (χ0n) is 10.9. The summed E-state index contributed by atoms with van der Waals surface area (Å²) in [4.78, 5) is 13.7. The molecule has 0 radical (unpaired) electrons. The van der Waals surface area contributed by atoms with Crippen molar-refractivity contribution in [2.24, 2.45) is 16.8 Å². The number of rotatable bonds is 5. The van der Waals surface area contributed by atoms with Crippen LogP contribution in [0.1, 0.15) is 30.0 Å². The highest BCUT2D eigenvalue weighted by atomic mass is 16.4. The Kier molecular flexibility index (Phi) is 4.76. The third kappa shape index (κ3) is 3.03. The average molecular weight is 253 g/mol. The molecule has 0 aliphatic rings. The van der Waals surface area contributed by atoms with Crippen LogP contribution < -0.4 is 5.73 Å². The predicted octanol–water partition coefficient (Wildman–Crippen LogP) is 1.30. The van der Waals surface area contributed by atoms with E-state index in [0.717, 1.165) is 0 Å². The molecule has 0 spiro atoms. The predicted molar refractivity (Wildman–Crippen MR) is 67.6 cm³/mol. The molecule has 1 aromatic heterocycles. The zero-order valence-corrected chi connectivity index (χ0v) is 10.9. The molecule has 1 aromatic rings. The van der Waals surface area contributed by atoms with Crippen molar-refractivity contribution in [2.45, 2.75) is 20.3 Å². The fourth-order valence-electron chi connectivity index (χ4n) is 1.70. The molecule has 3 N–H and O–H groups in total. The minimum absolute atomic E-state index is 0.109. The highest BCUT2D eigenvalue weighted by Gasteiger charge is 2.20. The molecule has 6 heteroatoms. The smallest absolute Gasteiger partial charge is 0.257 e. The Morgan fingerprint density at radius 2 is 2.33 bits per heavy atom. The van der Waals surface area contributed by atoms with Crippen molar-refractivity contribution in [1.82, 2.24) is 4.90 Å². The number of carbonyl (C=O) groups excluding carboxylic acids is 1. The van der Waals surface area contributed by atoms with Crippen molar-refractivity contribution in [3.8, 4) is 0 Å². The Morgan fingerprint density at radius 3 is 2.89 bits per heavy atom. The summed E-state index contributed by atoms with van der Waals surface area (Å²) in [7, 11) is 1.68. The van der Waals surface area contributed by atoms with Gasteiger partial charge in [-0.1, -0.05) is 19.0 Å². The standard InChI is InChI=1S/C12H19N3O3/c1-4-10-9(5-6-18-10)12(16)15(3)7-8(2)11(13)14-17/h5-6,8,17H,4,7H2,1-3H3,(H2,13,14). The fourth-order valence-corrected chi connectivity index (χ4v) is 1.70. The first kappa shape index (κ1) is 14.1. The van der Waals surface area contributed by atoms with Crippen molar-refractivity contribution in [3.05, 3.63) is 23.7 Å². The van der Waals surface area contributed by atoms with Gasteiger partial charge in [0.1, 0.15) is 11.6 Å². The third-order valence-corrected chi connectivity index (χ3v) is 2.81. The molecule has 0 aromatic carbocycles. The molecule has 1 unspecified atom stereocenters. The van der Waals surface area contributed by atoms with Crippen molar-refractivity contribution in [1.29, 1.82) is 0 Å². The summed E-state index contributed by atoms with van der Waals surface area (Å²) in [6, 6.07) is 1.66. The summed E-state index contributed by atoms with van der Waals surface area (Å²) in [5, 5.41) is 11.5. The summed E-state index contributed by atoms with van der Waals surface area (Å²) in [5.41, 5.74) is 6.04. The number of aryl methyl sites for hydroxylation is 1. The van der Waals surface area contributed by atoms with E-state index in [4.69, 9.17) is 15.4 Å². The van der Waals surface area contributed by atoms with E-state index in [-0.39, 0.29) is 17.7 Å². The van der Waals surface area contributed by atoms with E-state index in [1.165, 1.54) is 11.2 Å². The summed E-state index contributed by atoms with van der Waals surface area (Å²) in [6.07, 6.45) is 2.17. The maximum absolute atomic E-state index is 12.2. The molecule has 1 amide bonds. The second-order valence-corrected chi connectivity index (χ2v) is 4.22. The van der Waals surface area contributed by atoms with Crippen LogP contribution in [0, 0.1) is 5.92 Å². The van der Waals surface area contributed by atoms with Gasteiger partial charge in [-0.05, 0) is 6.07 Å². The molecule has 0 aliphatic carbocycles. The molecular weight excluding hydrogens is 234 g/mol. The van der Waals surface area contributed by atoms with Crippen LogP contribution in [0.4, 0.5) is 0 Å². The molecular formula is C12H19N3O3. The minimum Gasteiger partial charge on any atom is -0.469 e. The summed E-state index contributed by atoms with van der Waals surface area (Å²) in [5.74, 6) is 0.444. The van der Waals surface area contributed by atoms with Gasteiger partial charge in [0.25, 0.3) is 5.91 Å². The lowest BCUT2D eigenvalue weighted by atomic mass is 10.1. The normalized spacial score (nSPS) is 13.4. The van der Waals surface area contributed by atoms with E-state index in [9.17, 15) is 4.79 Å². The van der Waals surface area contributed by atoms with Crippen molar-refractivity contribution < 1.29 is 14.4 Å². The monoisotopic (exact) mass is 253 g/mol. The van der Waals surface area contributed by atoms with Crippen molar-refractivity contribution in [3.63, 3.8) is 0 Å². The van der Waals surface area contributed by atoms with Gasteiger partial charge >= 0.3 is 0 Å². The number of hydrogen-bond acceptors (Lipinski definition) is 4. The van der Waals surface area contributed by atoms with E-state index >= 15 is 0 Å². The zero-order chi connectivity index (χ0) is 13.7. The van der Waals surface area contributed by atoms with Gasteiger partial charge in [0.2, 0.25) is 0 Å². The lowest BCUT2D eigenvalue weighted by Gasteiger charge is -2.20. The molecule has 0 aliphatic heterocycles. The average Bonchev–Trinajstić information content (AvgIpc) is 2.84. The highest BCUT2D eigenvalue weighted by molar-refractivity contribution is 5.95. The SMILES string of the molecule is CCc1occc1C(=O)N(C)CC(C)/C(N)=N/O. The maximum Gasteiger partial charge on any atom is 0.257 e. The number of amides is 1. The van der Waals surface area contributed by atoms with Gasteiger partial charge in [-0.3, -0.25) is 4.79 Å². The first-order valence-electron chi connectivity index (χ1n) is 5.80. The Labute approximate surface area is 106 Å². The maximum atomic E-state index is 12.2. The van der Waals surface area contributed by atoms with Gasteiger partial charge in [-0.2, -0.15) is 0 Å². The molecule has 6 nitrogen and oxygen atoms in total. The number of oxime groups is 1. The summed E-state index contributed by atoms with van der Waals surface area (Å²) < 4.78 is 5.22. The largest absolute Gasteiger partial charge is 0.469 e. The fraction of sp³-hybridized carbons (Fsp3) is 0.500. The number of amidine groups is 1. The Morgan fingerprint density at radius 1 is 1.67 bits per heavy atom. The number of nitrogens with zero attached hydrogens (tertiary/aromatic N) is 2. The van der Waals surface area contributed by atoms with E-state index in [0.29, 0.717) is 24.3 Å². The lowest BCUT2D eigenvalue weighted by Crippen LogP contribution is -2.36. The van der Waals surface area contributed by atoms with Crippen LogP contribution in [0.15, 0.2) is 21.9 Å². The first-order chi connectivity index (χ1) is 8.51. The molecule has 0 fully saturated rings. The first-order valence-corrected chi connectivity index (χ1v) is 5.80. The van der Waals surface area contributed by atoms with Crippen LogP contribution in [0.25, 0.3) is 0 Å². The van der Waals surface area contributed by atoms with Gasteiger partial charge in [-0.25, -0.2) is 0 Å². The Hall–Kier alpha value is -1.98. The molecule has 0 saturated carbocycles. The van der Waals surface area contributed by atoms with E-state index in [1.807, 2.05) is 6.92 Å². The van der Waals surface area contributed by atoms with Crippen LogP contribution in [-0.2, 0) is 6.42 Å². The highest BCUT2D eigenvalue weighted by Crippen LogP contribution is 2.14. The van der Waals surface area contributed by atoms with E-state index in [1.54, 1.807) is 20.0 Å². The van der Waals surface area contributed by atoms with Gasteiger partial charge in [0.05, 0.1) is 11.8 Å². The lowest BCUT2D eigenvalue weighted by molar-refractivity contribution is 0.0784. The summed E-state index contributed by atoms with van der Waals surface area (Å²) in [6.45, 7) is 4.09.